The molecule has 0 spiro atoms. The van der Waals surface area contributed by atoms with E-state index in [1.165, 1.54) is 6.07 Å². The molecule has 20 heavy (non-hydrogen) atoms. The van der Waals surface area contributed by atoms with Gasteiger partial charge in [-0.15, -0.1) is 0 Å². The first-order chi connectivity index (χ1) is 9.58. The zero-order valence-electron chi connectivity index (χ0n) is 10.6. The predicted molar refractivity (Wildman–Crippen MR) is 67.1 cm³/mol. The maximum absolute atomic E-state index is 11.8. The Morgan fingerprint density at radius 2 is 2.10 bits per heavy atom. The van der Waals surface area contributed by atoms with Crippen LogP contribution < -0.4 is 10.6 Å². The van der Waals surface area contributed by atoms with Crippen molar-refractivity contribution in [2.75, 3.05) is 32.7 Å². The predicted octanol–water partition coefficient (Wildman–Crippen LogP) is -0.651. The highest BCUT2D eigenvalue weighted by atomic mass is 16.6. The average Bonchev–Trinajstić information content (AvgIpc) is 2.95. The Balaban J connectivity index is 1.84. The van der Waals surface area contributed by atoms with Crippen molar-refractivity contribution in [1.29, 1.82) is 0 Å². The number of piperazine rings is 1. The summed E-state index contributed by atoms with van der Waals surface area (Å²) in [6, 6.07) is 2.29. The van der Waals surface area contributed by atoms with Gasteiger partial charge in [0.05, 0.1) is 12.6 Å². The van der Waals surface area contributed by atoms with Gasteiger partial charge in [0.25, 0.3) is 5.91 Å². The molecular weight excluding hydrogens is 268 g/mol. The smallest absolute Gasteiger partial charge is 0.395 e. The summed E-state index contributed by atoms with van der Waals surface area (Å²) < 4.78 is 4.74. The van der Waals surface area contributed by atoms with Crippen molar-refractivity contribution in [3.05, 3.63) is 28.0 Å². The summed E-state index contributed by atoms with van der Waals surface area (Å²) in [4.78, 5) is 34.8. The molecular formula is C11H14N4O5. The zero-order chi connectivity index (χ0) is 14.5. The first-order valence-corrected chi connectivity index (χ1v) is 6.09. The molecule has 1 aliphatic rings. The monoisotopic (exact) mass is 282 g/mol. The van der Waals surface area contributed by atoms with Crippen LogP contribution in [0.2, 0.25) is 0 Å². The minimum atomic E-state index is -0.733. The van der Waals surface area contributed by atoms with E-state index in [1.807, 2.05) is 0 Å². The van der Waals surface area contributed by atoms with Gasteiger partial charge in [0.1, 0.15) is 4.92 Å². The van der Waals surface area contributed by atoms with Gasteiger partial charge < -0.3 is 20.0 Å². The molecule has 0 bridgehead atoms. The van der Waals surface area contributed by atoms with Gasteiger partial charge in [0.15, 0.2) is 5.76 Å². The van der Waals surface area contributed by atoms with Crippen LogP contribution in [-0.2, 0) is 4.79 Å². The van der Waals surface area contributed by atoms with E-state index in [9.17, 15) is 19.7 Å². The molecule has 0 aliphatic carbocycles. The van der Waals surface area contributed by atoms with Gasteiger partial charge in [-0.1, -0.05) is 0 Å². The van der Waals surface area contributed by atoms with E-state index in [0.29, 0.717) is 13.1 Å². The van der Waals surface area contributed by atoms with Crippen LogP contribution in [-0.4, -0.2) is 54.4 Å². The highest BCUT2D eigenvalue weighted by Crippen LogP contribution is 2.15. The first-order valence-electron chi connectivity index (χ1n) is 6.09. The second kappa shape index (κ2) is 6.15. The zero-order valence-corrected chi connectivity index (χ0v) is 10.6. The van der Waals surface area contributed by atoms with Crippen molar-refractivity contribution in [2.24, 2.45) is 0 Å². The lowest BCUT2D eigenvalue weighted by atomic mass is 10.3. The molecule has 0 atom stereocenters. The topological polar surface area (TPSA) is 118 Å². The van der Waals surface area contributed by atoms with Crippen molar-refractivity contribution >= 4 is 17.7 Å². The standard InChI is InChI=1S/C11H14N4O5/c16-9(14-5-3-12-4-6-14)7-13-11(17)8-1-2-10(20-8)15(18)19/h1-2,12H,3-7H2,(H,13,17). The third kappa shape index (κ3) is 3.32. The molecule has 0 aromatic carbocycles. The molecule has 1 fully saturated rings. The molecule has 1 aliphatic heterocycles. The summed E-state index contributed by atoms with van der Waals surface area (Å²) in [5, 5.41) is 15.9. The molecule has 0 saturated carbocycles. The van der Waals surface area contributed by atoms with Crippen molar-refractivity contribution in [3.8, 4) is 0 Å². The van der Waals surface area contributed by atoms with E-state index in [0.717, 1.165) is 19.2 Å². The van der Waals surface area contributed by atoms with Gasteiger partial charge in [-0.25, -0.2) is 0 Å². The normalized spacial score (nSPS) is 14.9. The van der Waals surface area contributed by atoms with Crippen molar-refractivity contribution < 1.29 is 18.9 Å². The summed E-state index contributed by atoms with van der Waals surface area (Å²) in [5.41, 5.74) is 0. The van der Waals surface area contributed by atoms with Crippen LogP contribution in [0.3, 0.4) is 0 Å². The number of hydrogen-bond acceptors (Lipinski definition) is 6. The Morgan fingerprint density at radius 3 is 2.70 bits per heavy atom. The Kier molecular flexibility index (Phi) is 4.31. The van der Waals surface area contributed by atoms with Crippen molar-refractivity contribution in [3.63, 3.8) is 0 Å². The fraction of sp³-hybridized carbons (Fsp3) is 0.455. The Morgan fingerprint density at radius 1 is 1.40 bits per heavy atom. The lowest BCUT2D eigenvalue weighted by molar-refractivity contribution is -0.402. The van der Waals surface area contributed by atoms with E-state index < -0.39 is 16.7 Å². The van der Waals surface area contributed by atoms with Crippen molar-refractivity contribution in [2.45, 2.75) is 0 Å². The molecule has 1 aromatic rings. The highest BCUT2D eigenvalue weighted by Gasteiger charge is 2.20. The molecule has 9 heteroatoms. The van der Waals surface area contributed by atoms with E-state index in [1.54, 1.807) is 4.90 Å². The Labute approximate surface area is 114 Å². The lowest BCUT2D eigenvalue weighted by Gasteiger charge is -2.27. The third-order valence-corrected chi connectivity index (χ3v) is 2.87. The van der Waals surface area contributed by atoms with Gasteiger partial charge >= 0.3 is 5.88 Å². The Bertz CT molecular complexity index is 521. The number of hydrogen-bond donors (Lipinski definition) is 2. The van der Waals surface area contributed by atoms with Gasteiger partial charge in [-0.3, -0.25) is 19.7 Å². The molecule has 2 heterocycles. The first kappa shape index (κ1) is 14.0. The summed E-state index contributed by atoms with van der Waals surface area (Å²) in [6.07, 6.45) is 0. The fourth-order valence-electron chi connectivity index (χ4n) is 1.82. The number of amides is 2. The second-order valence-corrected chi connectivity index (χ2v) is 4.21. The SMILES string of the molecule is O=C(NCC(=O)N1CCNCC1)c1ccc([N+](=O)[O-])o1. The maximum Gasteiger partial charge on any atom is 0.433 e. The molecule has 1 aromatic heterocycles. The van der Waals surface area contributed by atoms with Gasteiger partial charge in [-0.05, 0) is 6.07 Å². The quantitative estimate of drug-likeness (QED) is 0.559. The lowest BCUT2D eigenvalue weighted by Crippen LogP contribution is -2.49. The number of nitrogens with zero attached hydrogens (tertiary/aromatic N) is 2. The van der Waals surface area contributed by atoms with Gasteiger partial charge in [0.2, 0.25) is 5.91 Å². The number of nitro groups is 1. The minimum Gasteiger partial charge on any atom is -0.395 e. The van der Waals surface area contributed by atoms with Crippen LogP contribution >= 0.6 is 0 Å². The van der Waals surface area contributed by atoms with Gasteiger partial charge in [-0.2, -0.15) is 0 Å². The van der Waals surface area contributed by atoms with Crippen molar-refractivity contribution in [1.82, 2.24) is 15.5 Å². The number of furan rings is 1. The molecule has 9 nitrogen and oxygen atoms in total. The van der Waals surface area contributed by atoms with Crippen LogP contribution in [0.25, 0.3) is 0 Å². The van der Waals surface area contributed by atoms with Crippen LogP contribution in [0.5, 0.6) is 0 Å². The largest absolute Gasteiger partial charge is 0.433 e. The molecule has 2 rings (SSSR count). The fourth-order valence-corrected chi connectivity index (χ4v) is 1.82. The van der Waals surface area contributed by atoms with E-state index in [4.69, 9.17) is 4.42 Å². The summed E-state index contributed by atoms with van der Waals surface area (Å²) in [5.74, 6) is -1.55. The summed E-state index contributed by atoms with van der Waals surface area (Å²) >= 11 is 0. The van der Waals surface area contributed by atoms with Crippen LogP contribution in [0, 0.1) is 10.1 Å². The van der Waals surface area contributed by atoms with E-state index >= 15 is 0 Å². The maximum atomic E-state index is 11.8. The third-order valence-electron chi connectivity index (χ3n) is 2.87. The average molecular weight is 282 g/mol. The number of carbonyl (C=O) groups is 2. The Hall–Kier alpha value is -2.42. The molecule has 2 amide bonds. The molecule has 2 N–H and O–H groups in total. The highest BCUT2D eigenvalue weighted by molar-refractivity contribution is 5.94. The second-order valence-electron chi connectivity index (χ2n) is 4.21. The summed E-state index contributed by atoms with van der Waals surface area (Å²) in [7, 11) is 0. The number of nitrogens with one attached hydrogen (secondary N) is 2. The summed E-state index contributed by atoms with van der Waals surface area (Å²) in [6.45, 7) is 2.49. The van der Waals surface area contributed by atoms with Crippen LogP contribution in [0.4, 0.5) is 5.88 Å². The molecule has 108 valence electrons. The molecule has 0 radical (unpaired) electrons. The number of rotatable bonds is 4. The number of carbonyl (C=O) groups excluding carboxylic acids is 2. The van der Waals surface area contributed by atoms with Gasteiger partial charge in [0, 0.05) is 26.2 Å². The molecule has 1 saturated heterocycles. The molecule has 0 unspecified atom stereocenters. The van der Waals surface area contributed by atoms with E-state index in [2.05, 4.69) is 10.6 Å². The van der Waals surface area contributed by atoms with Crippen LogP contribution in [0.15, 0.2) is 16.5 Å². The van der Waals surface area contributed by atoms with E-state index in [-0.39, 0.29) is 18.2 Å². The minimum absolute atomic E-state index is 0.159. The van der Waals surface area contributed by atoms with Crippen LogP contribution in [0.1, 0.15) is 10.6 Å².